The first-order valence-corrected chi connectivity index (χ1v) is 21.3. The summed E-state index contributed by atoms with van der Waals surface area (Å²) in [6.07, 6.45) is 1.99. The van der Waals surface area contributed by atoms with E-state index in [0.29, 0.717) is 103 Å². The molecule has 6 N–H and O–H groups in total. The average Bonchev–Trinajstić information content (AvgIpc) is 3.31. The number of pyridine rings is 2. The molecule has 4 heterocycles. The quantitative estimate of drug-likeness (QED) is 0.0808. The highest BCUT2D eigenvalue weighted by atomic mass is 19.1. The van der Waals surface area contributed by atoms with Crippen molar-refractivity contribution in [2.75, 3.05) is 66.3 Å². The van der Waals surface area contributed by atoms with Crippen LogP contribution in [0.5, 0.6) is 11.8 Å². The molecular formula is C48H54F2N10O7. The monoisotopic (exact) mass is 920 g/mol. The molecule has 2 aliphatic rings. The van der Waals surface area contributed by atoms with Crippen LogP contribution in [0.2, 0.25) is 0 Å². The van der Waals surface area contributed by atoms with Gasteiger partial charge in [-0.3, -0.25) is 4.79 Å². The van der Waals surface area contributed by atoms with Gasteiger partial charge in [-0.15, -0.1) is 0 Å². The van der Waals surface area contributed by atoms with Gasteiger partial charge in [0.05, 0.1) is 79.5 Å². The molecule has 4 aromatic heterocycles. The summed E-state index contributed by atoms with van der Waals surface area (Å²) < 4.78 is 48.4. The van der Waals surface area contributed by atoms with Crippen LogP contribution in [0.15, 0.2) is 78.0 Å². The lowest BCUT2D eigenvalue weighted by Crippen LogP contribution is -2.24. The van der Waals surface area contributed by atoms with Crippen LogP contribution in [0, 0.1) is 25.5 Å². The Morgan fingerprint density at radius 3 is 1.60 bits per heavy atom. The van der Waals surface area contributed by atoms with Crippen molar-refractivity contribution in [2.45, 2.75) is 51.4 Å². The summed E-state index contributed by atoms with van der Waals surface area (Å²) in [6.45, 7) is 5.43. The number of nitrogens with two attached hydrogens (primary N) is 3. The number of rotatable bonds is 13. The number of methoxy groups -OCH3 is 4. The molecule has 0 saturated carbocycles. The summed E-state index contributed by atoms with van der Waals surface area (Å²) in [6, 6.07) is 20.1. The van der Waals surface area contributed by atoms with Gasteiger partial charge in [-0.05, 0) is 86.1 Å². The number of aryl methyl sites for hydroxylation is 2. The highest BCUT2D eigenvalue weighted by Crippen LogP contribution is 2.40. The van der Waals surface area contributed by atoms with E-state index in [4.69, 9.17) is 30.5 Å². The molecule has 0 saturated heterocycles. The number of halogens is 2. The van der Waals surface area contributed by atoms with E-state index in [1.165, 1.54) is 31.4 Å². The number of benzene rings is 2. The number of fused-ring (bicyclic) bond motifs is 2. The molecule has 8 rings (SSSR count). The summed E-state index contributed by atoms with van der Waals surface area (Å²) in [5, 5.41) is 4.38. The van der Waals surface area contributed by atoms with E-state index >= 15 is 0 Å². The molecule has 0 fully saturated rings. The number of nitrogens with zero attached hydrogens (tertiary/aromatic N) is 7. The Hall–Kier alpha value is -7.06. The minimum atomic E-state index is -0.367. The van der Waals surface area contributed by atoms with E-state index in [2.05, 4.69) is 50.5 Å². The first-order valence-electron chi connectivity index (χ1n) is 21.3. The van der Waals surface area contributed by atoms with Crippen molar-refractivity contribution < 1.29 is 42.2 Å². The normalized spacial score (nSPS) is 15.6. The summed E-state index contributed by atoms with van der Waals surface area (Å²) in [5.41, 5.74) is 20.9. The van der Waals surface area contributed by atoms with Crippen molar-refractivity contribution in [3.63, 3.8) is 0 Å². The molecule has 0 aliphatic heterocycles. The largest absolute Gasteiger partial charge is 0.481 e. The van der Waals surface area contributed by atoms with Crippen LogP contribution in [0.1, 0.15) is 74.5 Å². The molecule has 0 spiro atoms. The Labute approximate surface area is 387 Å². The van der Waals surface area contributed by atoms with E-state index in [1.54, 1.807) is 64.7 Å². The Bertz CT molecular complexity index is 2700. The van der Waals surface area contributed by atoms with E-state index < -0.39 is 0 Å². The number of hydrogen-bond acceptors (Lipinski definition) is 17. The van der Waals surface area contributed by atoms with Crippen LogP contribution in [0.25, 0.3) is 22.5 Å². The van der Waals surface area contributed by atoms with Crippen molar-refractivity contribution in [1.82, 2.24) is 29.9 Å². The fourth-order valence-electron chi connectivity index (χ4n) is 8.09. The van der Waals surface area contributed by atoms with Crippen LogP contribution in [-0.4, -0.2) is 96.3 Å². The van der Waals surface area contributed by atoms with Gasteiger partial charge in [0, 0.05) is 55.9 Å². The SMILES string of the molecule is COCCO/N=C1\CC(c2ccc(F)cc2-c2cccc(OC)n2)Cc2nc(N)nc(C)c21.COCCON.COc1cccc(-c2cc(F)ccc2C2CC(=O)c3c(C)nc(N)nc3C2)n1. The number of Topliss-reactive ketones (excluding diaryl/α,β-unsaturated/α-hetero) is 1. The number of aromatic nitrogens is 6. The molecule has 6 aromatic rings. The Morgan fingerprint density at radius 2 is 1.10 bits per heavy atom. The lowest BCUT2D eigenvalue weighted by atomic mass is 9.79. The average molecular weight is 921 g/mol. The molecule has 2 unspecified atom stereocenters. The number of anilines is 2. The zero-order valence-electron chi connectivity index (χ0n) is 38.2. The van der Waals surface area contributed by atoms with Crippen LogP contribution in [-0.2, 0) is 32.0 Å². The molecule has 0 bridgehead atoms. The van der Waals surface area contributed by atoms with Crippen molar-refractivity contribution >= 4 is 23.4 Å². The molecule has 2 atom stereocenters. The van der Waals surface area contributed by atoms with Gasteiger partial charge in [-0.25, -0.2) is 44.6 Å². The number of ether oxygens (including phenoxy) is 4. The second-order valence-electron chi connectivity index (χ2n) is 15.4. The van der Waals surface area contributed by atoms with Gasteiger partial charge >= 0.3 is 0 Å². The highest BCUT2D eigenvalue weighted by molar-refractivity contribution is 6.04. The van der Waals surface area contributed by atoms with Crippen LogP contribution in [0.3, 0.4) is 0 Å². The van der Waals surface area contributed by atoms with Crippen molar-refractivity contribution in [3.8, 4) is 34.3 Å². The van der Waals surface area contributed by atoms with Crippen molar-refractivity contribution in [1.29, 1.82) is 0 Å². The maximum absolute atomic E-state index is 14.3. The third kappa shape index (κ3) is 12.4. The standard InChI is InChI=1S/C24H26FN5O3.C21H19FN4O2.C3H9NO2/c1-14-23-20(29-24(26)27-14)11-15(12-21(23)30-33-10-9-31-2)17-8-7-16(25)13-18(17)19-5-4-6-22(28-19)32-3;1-11-20-17(26-21(23)24-11)8-12(9-18(20)27)14-7-6-13(22)10-15(14)16-4-3-5-19(25-16)28-2;1-5-2-3-6-4/h4-8,13,15H,9-12H2,1-3H3,(H2,26,27,29);3-7,10,12H,8-9H2,1-2H3,(H2,23,24,26);2-4H2,1H3/b30-21+;;. The van der Waals surface area contributed by atoms with Crippen molar-refractivity contribution in [3.05, 3.63) is 129 Å². The molecule has 2 aromatic carbocycles. The predicted molar refractivity (Wildman–Crippen MR) is 248 cm³/mol. The summed E-state index contributed by atoms with van der Waals surface area (Å²) in [4.78, 5) is 48.6. The van der Waals surface area contributed by atoms with E-state index in [9.17, 15) is 13.6 Å². The number of carbonyl (C=O) groups is 1. The first kappa shape index (κ1) is 49.4. The molecule has 67 heavy (non-hydrogen) atoms. The fourth-order valence-corrected chi connectivity index (χ4v) is 8.09. The number of hydrogen-bond donors (Lipinski definition) is 3. The molecule has 19 heteroatoms. The summed E-state index contributed by atoms with van der Waals surface area (Å²) in [5.74, 6) is 4.96. The van der Waals surface area contributed by atoms with Gasteiger partial charge in [0.2, 0.25) is 23.7 Å². The van der Waals surface area contributed by atoms with Gasteiger partial charge < -0.3 is 40.1 Å². The lowest BCUT2D eigenvalue weighted by molar-refractivity contribution is 0.0712. The second-order valence-corrected chi connectivity index (χ2v) is 15.4. The van der Waals surface area contributed by atoms with Gasteiger partial charge in [-0.1, -0.05) is 29.4 Å². The fraction of sp³-hybridized carbons (Fsp3) is 0.333. The molecule has 0 amide bonds. The summed E-state index contributed by atoms with van der Waals surface area (Å²) in [7, 11) is 6.28. The number of carbonyl (C=O) groups excluding carboxylic acids is 1. The second kappa shape index (κ2) is 23.4. The predicted octanol–water partition coefficient (Wildman–Crippen LogP) is 6.69. The molecule has 352 valence electrons. The smallest absolute Gasteiger partial charge is 0.220 e. The van der Waals surface area contributed by atoms with E-state index in [0.717, 1.165) is 33.8 Å². The molecular weight excluding hydrogens is 867 g/mol. The number of ketones is 1. The Morgan fingerprint density at radius 1 is 0.612 bits per heavy atom. The minimum absolute atomic E-state index is 0.0300. The molecule has 17 nitrogen and oxygen atoms in total. The van der Waals surface area contributed by atoms with Gasteiger partial charge in [0.1, 0.15) is 18.2 Å². The van der Waals surface area contributed by atoms with Crippen LogP contribution >= 0.6 is 0 Å². The van der Waals surface area contributed by atoms with Gasteiger partial charge in [0.25, 0.3) is 0 Å². The third-order valence-corrected chi connectivity index (χ3v) is 11.0. The van der Waals surface area contributed by atoms with Crippen molar-refractivity contribution in [2.24, 2.45) is 11.1 Å². The maximum atomic E-state index is 14.3. The van der Waals surface area contributed by atoms with Crippen LogP contribution in [0.4, 0.5) is 20.7 Å². The zero-order valence-corrected chi connectivity index (χ0v) is 38.2. The molecule has 2 aliphatic carbocycles. The highest BCUT2D eigenvalue weighted by Gasteiger charge is 2.33. The zero-order chi connectivity index (χ0) is 48.0. The van der Waals surface area contributed by atoms with E-state index in [1.807, 2.05) is 19.1 Å². The van der Waals surface area contributed by atoms with Crippen LogP contribution < -0.4 is 26.8 Å². The van der Waals surface area contributed by atoms with Gasteiger partial charge in [-0.2, -0.15) is 0 Å². The topological polar surface area (TPSA) is 240 Å². The third-order valence-electron chi connectivity index (χ3n) is 11.0. The van der Waals surface area contributed by atoms with E-state index in [-0.39, 0.29) is 41.2 Å². The van der Waals surface area contributed by atoms with Gasteiger partial charge in [0.15, 0.2) is 5.78 Å². The maximum Gasteiger partial charge on any atom is 0.220 e. The number of nitrogen functional groups attached to an aromatic ring is 2. The summed E-state index contributed by atoms with van der Waals surface area (Å²) >= 11 is 0. The molecule has 0 radical (unpaired) electrons. The minimum Gasteiger partial charge on any atom is -0.481 e. The lowest BCUT2D eigenvalue weighted by Gasteiger charge is -2.27. The Balaban J connectivity index is 0.000000199. The Kier molecular flexibility index (Phi) is 17.3. The first-order chi connectivity index (χ1) is 32.4. The number of oxime groups is 1.